The molecule has 24 heavy (non-hydrogen) atoms. The van der Waals surface area contributed by atoms with Gasteiger partial charge in [0.25, 0.3) is 0 Å². The highest BCUT2D eigenvalue weighted by Crippen LogP contribution is 2.35. The maximum Gasteiger partial charge on any atom is 0.161 e. The molecule has 0 saturated heterocycles. The fraction of sp³-hybridized carbons (Fsp3) is 0. The molecule has 7 heteroatoms. The molecule has 4 heterocycles. The third-order valence-corrected chi connectivity index (χ3v) is 3.42. The maximum absolute atomic E-state index is 4.38. The molecule has 0 amide bonds. The Bertz CT molecular complexity index is 886. The van der Waals surface area contributed by atoms with Gasteiger partial charge in [-0.2, -0.15) is 10.2 Å². The van der Waals surface area contributed by atoms with E-state index < -0.39 is 0 Å². The van der Waals surface area contributed by atoms with Crippen LogP contribution in [0.25, 0.3) is 33.9 Å². The minimum Gasteiger partial charge on any atom is -0.263 e. The van der Waals surface area contributed by atoms with Gasteiger partial charge in [0.1, 0.15) is 0 Å². The largest absolute Gasteiger partial charge is 0.263 e. The van der Waals surface area contributed by atoms with Crippen molar-refractivity contribution < 1.29 is 0 Å². The second kappa shape index (κ2) is 6.25. The van der Waals surface area contributed by atoms with Crippen molar-refractivity contribution in [1.29, 1.82) is 0 Å². The minimum atomic E-state index is 0.566. The molecule has 0 N–H and O–H groups in total. The van der Waals surface area contributed by atoms with E-state index in [9.17, 15) is 0 Å². The van der Waals surface area contributed by atoms with E-state index in [1.807, 2.05) is 12.1 Å². The Kier molecular flexibility index (Phi) is 3.65. The van der Waals surface area contributed by atoms with E-state index in [1.165, 1.54) is 0 Å². The molecular formula is C17H11N7. The van der Waals surface area contributed by atoms with E-state index in [0.717, 1.165) is 16.7 Å². The number of nitrogens with zero attached hydrogens (tertiary/aromatic N) is 7. The lowest BCUT2D eigenvalue weighted by Crippen LogP contribution is -1.98. The summed E-state index contributed by atoms with van der Waals surface area (Å²) in [7, 11) is 0. The normalized spacial score (nSPS) is 10.5. The molecule has 114 valence electrons. The lowest BCUT2D eigenvalue weighted by molar-refractivity contribution is 1.04. The first-order valence-electron chi connectivity index (χ1n) is 7.23. The molecule has 0 radical (unpaired) electrons. The molecule has 0 saturated carbocycles. The molecule has 0 bridgehead atoms. The van der Waals surface area contributed by atoms with Gasteiger partial charge in [-0.05, 0) is 18.2 Å². The zero-order valence-corrected chi connectivity index (χ0v) is 12.5. The Morgan fingerprint density at radius 3 is 2.25 bits per heavy atom. The van der Waals surface area contributed by atoms with Crippen molar-refractivity contribution >= 4 is 0 Å². The lowest BCUT2D eigenvalue weighted by Gasteiger charge is -2.12. The lowest BCUT2D eigenvalue weighted by atomic mass is 9.98. The molecular weight excluding hydrogens is 302 g/mol. The van der Waals surface area contributed by atoms with Gasteiger partial charge in [-0.15, -0.1) is 0 Å². The molecule has 0 aromatic carbocycles. The highest BCUT2D eigenvalue weighted by Gasteiger charge is 2.18. The number of hydrogen-bond donors (Lipinski definition) is 0. The smallest absolute Gasteiger partial charge is 0.161 e. The standard InChI is InChI=1S/C17H11N7/c1-3-14(24-23-6-1)16-12(15-11-18-7-8-20-15)9-19-10-13(16)17-21-4-2-5-22-17/h1-11H. The summed E-state index contributed by atoms with van der Waals surface area (Å²) in [5.41, 5.74) is 3.78. The molecule has 0 aliphatic carbocycles. The van der Waals surface area contributed by atoms with Crippen molar-refractivity contribution in [2.24, 2.45) is 0 Å². The van der Waals surface area contributed by atoms with Crippen molar-refractivity contribution in [2.45, 2.75) is 0 Å². The molecule has 0 fully saturated rings. The summed E-state index contributed by atoms with van der Waals surface area (Å²) in [4.78, 5) is 21.5. The first-order valence-corrected chi connectivity index (χ1v) is 7.23. The molecule has 4 aromatic rings. The number of hydrogen-bond acceptors (Lipinski definition) is 7. The van der Waals surface area contributed by atoms with E-state index in [0.29, 0.717) is 17.2 Å². The predicted octanol–water partition coefficient (Wildman–Crippen LogP) is 2.45. The first kappa shape index (κ1) is 14.0. The van der Waals surface area contributed by atoms with Crippen LogP contribution < -0.4 is 0 Å². The van der Waals surface area contributed by atoms with E-state index >= 15 is 0 Å². The Balaban J connectivity index is 2.02. The summed E-state index contributed by atoms with van der Waals surface area (Å²) in [6.07, 6.45) is 13.4. The van der Waals surface area contributed by atoms with Crippen molar-refractivity contribution in [3.63, 3.8) is 0 Å². The van der Waals surface area contributed by atoms with Crippen molar-refractivity contribution in [3.8, 4) is 33.9 Å². The molecule has 7 nitrogen and oxygen atoms in total. The summed E-state index contributed by atoms with van der Waals surface area (Å²) in [5.74, 6) is 0.566. The van der Waals surface area contributed by atoms with Gasteiger partial charge in [-0.25, -0.2) is 9.97 Å². The van der Waals surface area contributed by atoms with Gasteiger partial charge < -0.3 is 0 Å². The number of pyridine rings is 1. The fourth-order valence-electron chi connectivity index (χ4n) is 2.41. The molecule has 0 unspecified atom stereocenters. The minimum absolute atomic E-state index is 0.566. The van der Waals surface area contributed by atoms with Crippen molar-refractivity contribution in [2.75, 3.05) is 0 Å². The SMILES string of the molecule is c1cnc(-c2cncc(-c3cnccn3)c2-c2cccnn2)nc1. The van der Waals surface area contributed by atoms with E-state index in [-0.39, 0.29) is 0 Å². The van der Waals surface area contributed by atoms with Gasteiger partial charge >= 0.3 is 0 Å². The molecule has 0 atom stereocenters. The van der Waals surface area contributed by atoms with Gasteiger partial charge in [0.15, 0.2) is 5.82 Å². The maximum atomic E-state index is 4.38. The Labute approximate surface area is 137 Å². The van der Waals surface area contributed by atoms with Gasteiger partial charge in [0.2, 0.25) is 0 Å². The summed E-state index contributed by atoms with van der Waals surface area (Å²) >= 11 is 0. The molecule has 0 aliphatic rings. The van der Waals surface area contributed by atoms with Crippen molar-refractivity contribution in [1.82, 2.24) is 35.1 Å². The zero-order chi connectivity index (χ0) is 16.2. The summed E-state index contributed by atoms with van der Waals surface area (Å²) in [6.45, 7) is 0. The Hall–Kier alpha value is -3.61. The van der Waals surface area contributed by atoms with Gasteiger partial charge in [-0.3, -0.25) is 15.0 Å². The molecule has 0 aliphatic heterocycles. The van der Waals surface area contributed by atoms with Crippen LogP contribution in [0.5, 0.6) is 0 Å². The van der Waals surface area contributed by atoms with Crippen LogP contribution in [0.3, 0.4) is 0 Å². The predicted molar refractivity (Wildman–Crippen MR) is 87.3 cm³/mol. The molecule has 0 spiro atoms. The fourth-order valence-corrected chi connectivity index (χ4v) is 2.41. The van der Waals surface area contributed by atoms with Crippen LogP contribution in [0, 0.1) is 0 Å². The van der Waals surface area contributed by atoms with Crippen LogP contribution in [0.2, 0.25) is 0 Å². The summed E-state index contributed by atoms with van der Waals surface area (Å²) in [6, 6.07) is 5.49. The Morgan fingerprint density at radius 2 is 1.50 bits per heavy atom. The Morgan fingerprint density at radius 1 is 0.625 bits per heavy atom. The van der Waals surface area contributed by atoms with Crippen LogP contribution in [-0.2, 0) is 0 Å². The van der Waals surface area contributed by atoms with Crippen LogP contribution in [0.15, 0.2) is 67.8 Å². The highest BCUT2D eigenvalue weighted by atomic mass is 15.1. The van der Waals surface area contributed by atoms with Crippen LogP contribution in [0.1, 0.15) is 0 Å². The van der Waals surface area contributed by atoms with Crippen LogP contribution >= 0.6 is 0 Å². The van der Waals surface area contributed by atoms with E-state index in [2.05, 4.69) is 35.1 Å². The third kappa shape index (κ3) is 2.58. The van der Waals surface area contributed by atoms with Gasteiger partial charge in [0, 0.05) is 60.1 Å². The second-order valence-electron chi connectivity index (χ2n) is 4.88. The molecule has 4 aromatic heterocycles. The summed E-state index contributed by atoms with van der Waals surface area (Å²) in [5, 5.41) is 8.22. The number of aromatic nitrogens is 7. The third-order valence-electron chi connectivity index (χ3n) is 3.42. The summed E-state index contributed by atoms with van der Waals surface area (Å²) < 4.78 is 0. The van der Waals surface area contributed by atoms with Gasteiger partial charge in [-0.1, -0.05) is 0 Å². The second-order valence-corrected chi connectivity index (χ2v) is 4.88. The first-order chi connectivity index (χ1) is 11.9. The van der Waals surface area contributed by atoms with Gasteiger partial charge in [0.05, 0.1) is 17.6 Å². The molecule has 4 rings (SSSR count). The number of rotatable bonds is 3. The van der Waals surface area contributed by atoms with Crippen LogP contribution in [0.4, 0.5) is 0 Å². The monoisotopic (exact) mass is 313 g/mol. The van der Waals surface area contributed by atoms with Crippen LogP contribution in [-0.4, -0.2) is 35.1 Å². The van der Waals surface area contributed by atoms with Crippen molar-refractivity contribution in [3.05, 3.63) is 67.8 Å². The topological polar surface area (TPSA) is 90.2 Å². The average molecular weight is 313 g/mol. The van der Waals surface area contributed by atoms with E-state index in [1.54, 1.807) is 55.6 Å². The zero-order valence-electron chi connectivity index (χ0n) is 12.5. The highest BCUT2D eigenvalue weighted by molar-refractivity contribution is 5.89. The van der Waals surface area contributed by atoms with E-state index in [4.69, 9.17) is 0 Å². The average Bonchev–Trinajstić information content (AvgIpc) is 2.69. The quantitative estimate of drug-likeness (QED) is 0.573.